The molecule has 0 aromatic heterocycles. The first-order valence-corrected chi connectivity index (χ1v) is 10.6. The molecule has 0 spiro atoms. The molecule has 0 unspecified atom stereocenters. The topological polar surface area (TPSA) is 109 Å². The fraction of sp³-hybridized carbons (Fsp3) is 0.208. The molecule has 0 saturated heterocycles. The molecule has 2 aromatic rings. The summed E-state index contributed by atoms with van der Waals surface area (Å²) in [5.41, 5.74) is 8.29. The molecule has 0 amide bonds. The van der Waals surface area contributed by atoms with Crippen molar-refractivity contribution in [2.75, 3.05) is 0 Å². The molecular formula is C24H17Cl2N3O3. The SMILES string of the molecule is N#CC1=C(N)OC2=C(C(=O)CCC2)[C@H]1c1cc(Cl)c(OCc2ccccc2C#N)c(Cl)c1. The van der Waals surface area contributed by atoms with Gasteiger partial charge in [0.05, 0.1) is 27.6 Å². The van der Waals surface area contributed by atoms with Crippen LogP contribution in [0.25, 0.3) is 0 Å². The van der Waals surface area contributed by atoms with E-state index in [4.69, 9.17) is 38.4 Å². The van der Waals surface area contributed by atoms with Crippen molar-refractivity contribution in [3.8, 4) is 17.9 Å². The molecule has 1 aliphatic heterocycles. The number of allylic oxidation sites excluding steroid dienone is 3. The van der Waals surface area contributed by atoms with Crippen molar-refractivity contribution in [2.45, 2.75) is 31.8 Å². The first kappa shape index (κ1) is 21.8. The van der Waals surface area contributed by atoms with Crippen molar-refractivity contribution < 1.29 is 14.3 Å². The Labute approximate surface area is 195 Å². The Hall–Kier alpha value is -3.45. The average molecular weight is 466 g/mol. The van der Waals surface area contributed by atoms with Gasteiger partial charge in [0, 0.05) is 24.0 Å². The lowest BCUT2D eigenvalue weighted by Gasteiger charge is -2.31. The number of rotatable bonds is 4. The van der Waals surface area contributed by atoms with E-state index < -0.39 is 5.92 Å². The van der Waals surface area contributed by atoms with Crippen LogP contribution in [-0.2, 0) is 16.1 Å². The van der Waals surface area contributed by atoms with Gasteiger partial charge in [-0.3, -0.25) is 4.79 Å². The molecule has 8 heteroatoms. The van der Waals surface area contributed by atoms with Crippen LogP contribution in [0, 0.1) is 22.7 Å². The largest absolute Gasteiger partial charge is 0.486 e. The maximum atomic E-state index is 12.7. The zero-order chi connectivity index (χ0) is 22.8. The molecule has 4 rings (SSSR count). The van der Waals surface area contributed by atoms with Gasteiger partial charge in [-0.2, -0.15) is 10.5 Å². The molecule has 160 valence electrons. The van der Waals surface area contributed by atoms with Crippen LogP contribution in [0.5, 0.6) is 5.75 Å². The summed E-state index contributed by atoms with van der Waals surface area (Å²) < 4.78 is 11.4. The Bertz CT molecular complexity index is 1240. The maximum Gasteiger partial charge on any atom is 0.205 e. The van der Waals surface area contributed by atoms with E-state index in [1.165, 1.54) is 0 Å². The maximum absolute atomic E-state index is 12.7. The highest BCUT2D eigenvalue weighted by Crippen LogP contribution is 2.46. The molecule has 2 aromatic carbocycles. The molecule has 0 fully saturated rings. The number of hydrogen-bond donors (Lipinski definition) is 1. The molecule has 0 bridgehead atoms. The Morgan fingerprint density at radius 1 is 1.12 bits per heavy atom. The molecule has 0 saturated carbocycles. The minimum absolute atomic E-state index is 0.0216. The van der Waals surface area contributed by atoms with E-state index in [1.807, 2.05) is 6.07 Å². The number of nitrogens with zero attached hydrogens (tertiary/aromatic N) is 2. The lowest BCUT2D eigenvalue weighted by atomic mass is 9.77. The van der Waals surface area contributed by atoms with E-state index in [0.717, 1.165) is 0 Å². The van der Waals surface area contributed by atoms with Crippen LogP contribution in [0.2, 0.25) is 10.0 Å². The summed E-state index contributed by atoms with van der Waals surface area (Å²) in [6, 6.07) is 14.5. The van der Waals surface area contributed by atoms with Crippen molar-refractivity contribution in [3.63, 3.8) is 0 Å². The number of halogens is 2. The first-order valence-electron chi connectivity index (χ1n) is 9.88. The third kappa shape index (κ3) is 3.91. The van der Waals surface area contributed by atoms with Crippen molar-refractivity contribution >= 4 is 29.0 Å². The standard InChI is InChI=1S/C24H17Cl2N3O3/c25-17-8-15(9-18(26)23(17)31-12-14-5-2-1-4-13(14)10-27)21-16(11-28)24(29)32-20-7-3-6-19(30)22(20)21/h1-2,4-5,8-9,21H,3,6-7,12,29H2/t21-/m0/s1. The second kappa shape index (κ2) is 8.96. The summed E-state index contributed by atoms with van der Waals surface area (Å²) in [7, 11) is 0. The zero-order valence-electron chi connectivity index (χ0n) is 16.8. The number of benzene rings is 2. The van der Waals surface area contributed by atoms with Gasteiger partial charge >= 0.3 is 0 Å². The van der Waals surface area contributed by atoms with E-state index in [9.17, 15) is 15.3 Å². The summed E-state index contributed by atoms with van der Waals surface area (Å²) in [6.07, 6.45) is 1.61. The van der Waals surface area contributed by atoms with Gasteiger partial charge < -0.3 is 15.2 Å². The summed E-state index contributed by atoms with van der Waals surface area (Å²) in [4.78, 5) is 12.7. The van der Waals surface area contributed by atoms with Crippen LogP contribution in [0.15, 0.2) is 59.2 Å². The molecule has 1 aliphatic carbocycles. The molecule has 6 nitrogen and oxygen atoms in total. The van der Waals surface area contributed by atoms with Crippen LogP contribution >= 0.6 is 23.2 Å². The molecule has 32 heavy (non-hydrogen) atoms. The zero-order valence-corrected chi connectivity index (χ0v) is 18.3. The minimum Gasteiger partial charge on any atom is -0.486 e. The predicted octanol–water partition coefficient (Wildman–Crippen LogP) is 5.26. The molecule has 0 radical (unpaired) electrons. The van der Waals surface area contributed by atoms with E-state index in [0.29, 0.717) is 47.3 Å². The number of hydrogen-bond acceptors (Lipinski definition) is 6. The summed E-state index contributed by atoms with van der Waals surface area (Å²) in [5, 5.41) is 19.4. The summed E-state index contributed by atoms with van der Waals surface area (Å²) in [5.74, 6) is -0.0799. The van der Waals surface area contributed by atoms with Crippen molar-refractivity contribution in [1.82, 2.24) is 0 Å². The predicted molar refractivity (Wildman–Crippen MR) is 118 cm³/mol. The van der Waals surface area contributed by atoms with Gasteiger partial charge in [-0.15, -0.1) is 0 Å². The van der Waals surface area contributed by atoms with Gasteiger partial charge in [0.25, 0.3) is 0 Å². The Morgan fingerprint density at radius 2 is 1.84 bits per heavy atom. The van der Waals surface area contributed by atoms with Crippen LogP contribution in [0.3, 0.4) is 0 Å². The van der Waals surface area contributed by atoms with E-state index in [2.05, 4.69) is 12.1 Å². The number of carbonyl (C=O) groups is 1. The highest BCUT2D eigenvalue weighted by molar-refractivity contribution is 6.37. The van der Waals surface area contributed by atoms with E-state index >= 15 is 0 Å². The van der Waals surface area contributed by atoms with Gasteiger partial charge in [-0.25, -0.2) is 0 Å². The lowest BCUT2D eigenvalue weighted by molar-refractivity contribution is -0.116. The first-order chi connectivity index (χ1) is 15.4. The fourth-order valence-electron chi connectivity index (χ4n) is 3.98. The molecule has 1 heterocycles. The van der Waals surface area contributed by atoms with Gasteiger partial charge in [0.15, 0.2) is 11.5 Å². The smallest absolute Gasteiger partial charge is 0.205 e. The van der Waals surface area contributed by atoms with E-state index in [-0.39, 0.29) is 39.6 Å². The van der Waals surface area contributed by atoms with Crippen LogP contribution in [0.1, 0.15) is 41.9 Å². The number of nitriles is 2. The van der Waals surface area contributed by atoms with Gasteiger partial charge in [-0.05, 0) is 30.2 Å². The van der Waals surface area contributed by atoms with Gasteiger partial charge in [0.1, 0.15) is 24.0 Å². The molecular weight excluding hydrogens is 449 g/mol. The number of nitrogens with two attached hydrogens (primary N) is 1. The van der Waals surface area contributed by atoms with Crippen molar-refractivity contribution in [2.24, 2.45) is 5.73 Å². The normalized spacial score (nSPS) is 17.9. The van der Waals surface area contributed by atoms with Crippen LogP contribution in [-0.4, -0.2) is 5.78 Å². The number of Topliss-reactive ketones (excluding diaryl/α,β-unsaturated/α-hetero) is 1. The minimum atomic E-state index is -0.708. The molecule has 2 N–H and O–H groups in total. The second-order valence-corrected chi connectivity index (χ2v) is 8.22. The summed E-state index contributed by atoms with van der Waals surface area (Å²) >= 11 is 13.0. The number of ether oxygens (including phenoxy) is 2. The third-order valence-electron chi connectivity index (χ3n) is 5.47. The highest BCUT2D eigenvalue weighted by Gasteiger charge is 2.38. The van der Waals surface area contributed by atoms with Crippen LogP contribution in [0.4, 0.5) is 0 Å². The van der Waals surface area contributed by atoms with Crippen LogP contribution < -0.4 is 10.5 Å². The monoisotopic (exact) mass is 465 g/mol. The molecule has 1 atom stereocenters. The third-order valence-corrected chi connectivity index (χ3v) is 6.03. The highest BCUT2D eigenvalue weighted by atomic mass is 35.5. The Balaban J connectivity index is 1.71. The lowest BCUT2D eigenvalue weighted by Crippen LogP contribution is -2.27. The van der Waals surface area contributed by atoms with Crippen molar-refractivity contribution in [1.29, 1.82) is 10.5 Å². The van der Waals surface area contributed by atoms with Gasteiger partial charge in [-0.1, -0.05) is 41.4 Å². The summed E-state index contributed by atoms with van der Waals surface area (Å²) in [6.45, 7) is 0.101. The Morgan fingerprint density at radius 3 is 2.53 bits per heavy atom. The number of carbonyl (C=O) groups excluding carboxylic acids is 1. The fourth-order valence-corrected chi connectivity index (χ4v) is 4.59. The molecule has 2 aliphatic rings. The van der Waals surface area contributed by atoms with Gasteiger partial charge in [0.2, 0.25) is 5.88 Å². The Kier molecular flexibility index (Phi) is 6.10. The number of ketones is 1. The van der Waals surface area contributed by atoms with E-state index in [1.54, 1.807) is 30.3 Å². The quantitative estimate of drug-likeness (QED) is 0.659. The van der Waals surface area contributed by atoms with Crippen molar-refractivity contribution in [3.05, 3.63) is 85.9 Å². The second-order valence-electron chi connectivity index (χ2n) is 7.41. The average Bonchev–Trinajstić information content (AvgIpc) is 2.78.